The van der Waals surface area contributed by atoms with Gasteiger partial charge >= 0.3 is 0 Å². The van der Waals surface area contributed by atoms with Gasteiger partial charge in [-0.25, -0.2) is 4.21 Å². The van der Waals surface area contributed by atoms with Crippen molar-refractivity contribution in [3.63, 3.8) is 0 Å². The predicted molar refractivity (Wildman–Crippen MR) is 73.8 cm³/mol. The Kier molecular flexibility index (Phi) is 4.41. The summed E-state index contributed by atoms with van der Waals surface area (Å²) >= 11 is -0.275. The molecule has 0 saturated heterocycles. The summed E-state index contributed by atoms with van der Waals surface area (Å²) in [4.78, 5) is 1.54. The summed E-state index contributed by atoms with van der Waals surface area (Å²) in [6.45, 7) is 0. The van der Waals surface area contributed by atoms with Crippen LogP contribution in [0.15, 0.2) is 58.3 Å². The number of rotatable bonds is 4. The summed E-state index contributed by atoms with van der Waals surface area (Å²) in [6.07, 6.45) is 2.02. The van der Waals surface area contributed by atoms with Crippen LogP contribution < -0.4 is 4.74 Å². The minimum absolute atomic E-state index is 0.361. The van der Waals surface area contributed by atoms with Crippen LogP contribution in [0, 0.1) is 0 Å². The molecule has 0 bridgehead atoms. The fraction of sp³-hybridized carbons (Fsp3) is 0.0769. The van der Waals surface area contributed by atoms with Gasteiger partial charge in [0.25, 0.3) is 0 Å². The van der Waals surface area contributed by atoms with E-state index in [0.717, 1.165) is 5.75 Å². The standard InChI is InChI=1S/C13H12O3S2/c1-17-12-6-2-10(3-7-12)16-11-4-8-13(9-5-11)18(14)15/h2-9H,1H3,(H,14,15). The Hall–Kier alpha value is -1.30. The van der Waals surface area contributed by atoms with Crippen LogP contribution in [0.5, 0.6) is 11.5 Å². The van der Waals surface area contributed by atoms with E-state index in [-0.39, 0.29) is 0 Å². The molecule has 0 saturated carbocycles. The summed E-state index contributed by atoms with van der Waals surface area (Å²) in [5, 5.41) is 0. The van der Waals surface area contributed by atoms with Crippen molar-refractivity contribution in [2.45, 2.75) is 9.79 Å². The van der Waals surface area contributed by atoms with Crippen LogP contribution >= 0.6 is 11.8 Å². The highest BCUT2D eigenvalue weighted by atomic mass is 32.2. The third-order valence-corrected chi connectivity index (χ3v) is 3.74. The Morgan fingerprint density at radius 1 is 1.00 bits per heavy atom. The first-order chi connectivity index (χ1) is 8.69. The molecule has 1 unspecified atom stereocenters. The van der Waals surface area contributed by atoms with Crippen LogP contribution in [0.25, 0.3) is 0 Å². The van der Waals surface area contributed by atoms with Gasteiger partial charge in [-0.1, -0.05) is 0 Å². The van der Waals surface area contributed by atoms with Crippen LogP contribution in [-0.2, 0) is 11.1 Å². The smallest absolute Gasteiger partial charge is 0.186 e. The molecule has 1 atom stereocenters. The SMILES string of the molecule is CSc1ccc(Oc2ccc(S(=O)O)cc2)cc1. The molecule has 0 aliphatic heterocycles. The van der Waals surface area contributed by atoms with Crippen molar-refractivity contribution in [1.29, 1.82) is 0 Å². The Morgan fingerprint density at radius 3 is 1.94 bits per heavy atom. The lowest BCUT2D eigenvalue weighted by molar-refractivity contribution is 0.481. The third-order valence-electron chi connectivity index (χ3n) is 2.32. The van der Waals surface area contributed by atoms with Gasteiger partial charge in [0.1, 0.15) is 11.5 Å². The van der Waals surface area contributed by atoms with Crippen molar-refractivity contribution in [2.75, 3.05) is 6.26 Å². The van der Waals surface area contributed by atoms with Gasteiger partial charge in [0.05, 0.1) is 4.90 Å². The summed E-state index contributed by atoms with van der Waals surface area (Å²) < 4.78 is 25.3. The highest BCUT2D eigenvalue weighted by molar-refractivity contribution is 7.98. The summed E-state index contributed by atoms with van der Waals surface area (Å²) in [6, 6.07) is 14.2. The molecule has 18 heavy (non-hydrogen) atoms. The van der Waals surface area contributed by atoms with Gasteiger partial charge in [-0.05, 0) is 54.8 Å². The van der Waals surface area contributed by atoms with Crippen molar-refractivity contribution in [1.82, 2.24) is 0 Å². The van der Waals surface area contributed by atoms with Crippen LogP contribution in [0.2, 0.25) is 0 Å². The second kappa shape index (κ2) is 6.04. The summed E-state index contributed by atoms with van der Waals surface area (Å²) in [5.74, 6) is 1.38. The molecule has 0 fully saturated rings. The van der Waals surface area contributed by atoms with Crippen molar-refractivity contribution in [3.8, 4) is 11.5 Å². The minimum atomic E-state index is -1.95. The molecular formula is C13H12O3S2. The zero-order valence-corrected chi connectivity index (χ0v) is 11.3. The maximum absolute atomic E-state index is 10.8. The van der Waals surface area contributed by atoms with Gasteiger partial charge in [0.15, 0.2) is 11.1 Å². The van der Waals surface area contributed by atoms with Crippen LogP contribution in [0.3, 0.4) is 0 Å². The van der Waals surface area contributed by atoms with E-state index in [2.05, 4.69) is 0 Å². The summed E-state index contributed by atoms with van der Waals surface area (Å²) in [5.41, 5.74) is 0. The van der Waals surface area contributed by atoms with E-state index in [1.54, 1.807) is 36.0 Å². The maximum Gasteiger partial charge on any atom is 0.186 e. The molecule has 0 spiro atoms. The van der Waals surface area contributed by atoms with E-state index >= 15 is 0 Å². The van der Waals surface area contributed by atoms with Crippen LogP contribution in [-0.4, -0.2) is 15.0 Å². The zero-order chi connectivity index (χ0) is 13.0. The first-order valence-electron chi connectivity index (χ1n) is 5.22. The first-order valence-corrected chi connectivity index (χ1v) is 7.55. The van der Waals surface area contributed by atoms with Gasteiger partial charge in [-0.3, -0.25) is 0 Å². The zero-order valence-electron chi connectivity index (χ0n) is 9.70. The Bertz CT molecular complexity index is 535. The van der Waals surface area contributed by atoms with Gasteiger partial charge in [0, 0.05) is 4.90 Å². The highest BCUT2D eigenvalue weighted by Crippen LogP contribution is 2.24. The van der Waals surface area contributed by atoms with Crippen molar-refractivity contribution in [2.24, 2.45) is 0 Å². The fourth-order valence-electron chi connectivity index (χ4n) is 1.40. The normalized spacial score (nSPS) is 12.1. The molecule has 94 valence electrons. The van der Waals surface area contributed by atoms with E-state index in [1.807, 2.05) is 30.5 Å². The molecule has 0 amide bonds. The molecule has 0 aliphatic carbocycles. The average molecular weight is 280 g/mol. The maximum atomic E-state index is 10.8. The quantitative estimate of drug-likeness (QED) is 0.684. The lowest BCUT2D eigenvalue weighted by Crippen LogP contribution is -1.88. The van der Waals surface area contributed by atoms with Crippen LogP contribution in [0.1, 0.15) is 0 Å². The van der Waals surface area contributed by atoms with E-state index < -0.39 is 11.1 Å². The predicted octanol–water partition coefficient (Wildman–Crippen LogP) is 3.78. The molecule has 1 N–H and O–H groups in total. The molecule has 0 aromatic heterocycles. The Balaban J connectivity index is 2.10. The van der Waals surface area contributed by atoms with Crippen molar-refractivity contribution < 1.29 is 13.5 Å². The average Bonchev–Trinajstić information content (AvgIpc) is 2.40. The highest BCUT2D eigenvalue weighted by Gasteiger charge is 2.01. The van der Waals surface area contributed by atoms with E-state index in [1.165, 1.54) is 4.90 Å². The van der Waals surface area contributed by atoms with Crippen LogP contribution in [0.4, 0.5) is 0 Å². The minimum Gasteiger partial charge on any atom is -0.457 e. The number of benzene rings is 2. The second-order valence-corrected chi connectivity index (χ2v) is 5.35. The Labute approximate surface area is 112 Å². The molecule has 0 aliphatic rings. The largest absolute Gasteiger partial charge is 0.457 e. The molecule has 0 radical (unpaired) electrons. The van der Waals surface area contributed by atoms with Gasteiger partial charge in [0.2, 0.25) is 0 Å². The molecule has 3 nitrogen and oxygen atoms in total. The molecule has 2 rings (SSSR count). The van der Waals surface area contributed by atoms with E-state index in [9.17, 15) is 4.21 Å². The van der Waals surface area contributed by atoms with E-state index in [0.29, 0.717) is 10.6 Å². The van der Waals surface area contributed by atoms with E-state index in [4.69, 9.17) is 9.29 Å². The lowest BCUT2D eigenvalue weighted by atomic mass is 10.3. The molecule has 0 heterocycles. The molecule has 2 aromatic rings. The second-order valence-electron chi connectivity index (χ2n) is 3.50. The number of hydrogen-bond acceptors (Lipinski definition) is 3. The number of ether oxygens (including phenoxy) is 1. The van der Waals surface area contributed by atoms with Gasteiger partial charge < -0.3 is 9.29 Å². The van der Waals surface area contributed by atoms with Crippen molar-refractivity contribution in [3.05, 3.63) is 48.5 Å². The topological polar surface area (TPSA) is 46.5 Å². The van der Waals surface area contributed by atoms with Crippen molar-refractivity contribution >= 4 is 22.8 Å². The monoisotopic (exact) mass is 280 g/mol. The van der Waals surface area contributed by atoms with Gasteiger partial charge in [-0.15, -0.1) is 11.8 Å². The summed E-state index contributed by atoms with van der Waals surface area (Å²) in [7, 11) is 0. The molecular weight excluding hydrogens is 268 g/mol. The third kappa shape index (κ3) is 3.35. The molecule has 2 aromatic carbocycles. The van der Waals surface area contributed by atoms with Gasteiger partial charge in [-0.2, -0.15) is 0 Å². The fourth-order valence-corrected chi connectivity index (χ4v) is 2.18. The number of thioether (sulfide) groups is 1. The lowest BCUT2D eigenvalue weighted by Gasteiger charge is -2.06. The first kappa shape index (κ1) is 13.1. The molecule has 5 heteroatoms. The Morgan fingerprint density at radius 2 is 1.50 bits per heavy atom. The number of hydrogen-bond donors (Lipinski definition) is 1.